The quantitative estimate of drug-likeness (QED) is 0.817. The Labute approximate surface area is 116 Å². The Balaban J connectivity index is 1.68. The summed E-state index contributed by atoms with van der Waals surface area (Å²) in [6.45, 7) is 1.39. The van der Waals surface area contributed by atoms with Gasteiger partial charge in [0.1, 0.15) is 5.69 Å². The third-order valence-electron chi connectivity index (χ3n) is 3.99. The number of aromatic amines is 1. The van der Waals surface area contributed by atoms with Crippen LogP contribution in [0, 0.1) is 5.92 Å². The number of rotatable bonds is 1. The van der Waals surface area contributed by atoms with Crippen LogP contribution >= 0.6 is 11.6 Å². The average Bonchev–Trinajstić information content (AvgIpc) is 2.84. The number of amides is 2. The molecule has 2 aliphatic heterocycles. The fourth-order valence-corrected chi connectivity index (χ4v) is 3.12. The molecule has 102 valence electrons. The monoisotopic (exact) mass is 281 g/mol. The molecule has 6 heteroatoms. The summed E-state index contributed by atoms with van der Waals surface area (Å²) >= 11 is 5.82. The Kier molecular flexibility index (Phi) is 3.22. The second-order valence-corrected chi connectivity index (χ2v) is 5.68. The number of likely N-dealkylation sites (tertiary alicyclic amines) is 1. The highest BCUT2D eigenvalue weighted by Crippen LogP contribution is 2.26. The van der Waals surface area contributed by atoms with Gasteiger partial charge in [0.2, 0.25) is 5.91 Å². The highest BCUT2D eigenvalue weighted by molar-refractivity contribution is 6.30. The Hall–Kier alpha value is -1.49. The predicted octanol–water partition coefficient (Wildman–Crippen LogP) is 1.41. The molecule has 0 aliphatic carbocycles. The molecule has 2 fully saturated rings. The lowest BCUT2D eigenvalue weighted by Crippen LogP contribution is -2.55. The van der Waals surface area contributed by atoms with Crippen molar-refractivity contribution in [2.75, 3.05) is 13.1 Å². The van der Waals surface area contributed by atoms with Gasteiger partial charge in [-0.3, -0.25) is 9.59 Å². The smallest absolute Gasteiger partial charge is 0.270 e. The molecule has 19 heavy (non-hydrogen) atoms. The van der Waals surface area contributed by atoms with Crippen LogP contribution in [0.2, 0.25) is 5.02 Å². The third-order valence-corrected chi connectivity index (χ3v) is 4.21. The van der Waals surface area contributed by atoms with Gasteiger partial charge in [0.05, 0.1) is 5.02 Å². The zero-order valence-corrected chi connectivity index (χ0v) is 11.2. The molecule has 5 nitrogen and oxygen atoms in total. The topological polar surface area (TPSA) is 65.2 Å². The molecule has 0 saturated carbocycles. The number of nitrogens with zero attached hydrogens (tertiary/aromatic N) is 1. The molecule has 0 aromatic carbocycles. The van der Waals surface area contributed by atoms with Gasteiger partial charge in [-0.15, -0.1) is 0 Å². The van der Waals surface area contributed by atoms with Gasteiger partial charge in [-0.1, -0.05) is 11.6 Å². The molecule has 2 saturated heterocycles. The van der Waals surface area contributed by atoms with Crippen LogP contribution in [0.3, 0.4) is 0 Å². The van der Waals surface area contributed by atoms with Crippen molar-refractivity contribution in [2.24, 2.45) is 5.92 Å². The number of fused-ring (bicyclic) bond motifs is 1. The van der Waals surface area contributed by atoms with E-state index in [-0.39, 0.29) is 17.9 Å². The van der Waals surface area contributed by atoms with Crippen LogP contribution in [-0.4, -0.2) is 40.8 Å². The first-order valence-electron chi connectivity index (χ1n) is 6.56. The Morgan fingerprint density at radius 2 is 2.26 bits per heavy atom. The molecule has 0 spiro atoms. The minimum Gasteiger partial charge on any atom is -0.356 e. The minimum atomic E-state index is -0.0118. The van der Waals surface area contributed by atoms with Crippen LogP contribution in [-0.2, 0) is 4.79 Å². The molecular formula is C13H16ClN3O2. The van der Waals surface area contributed by atoms with Gasteiger partial charge in [0.25, 0.3) is 5.91 Å². The predicted molar refractivity (Wildman–Crippen MR) is 71.0 cm³/mol. The lowest BCUT2D eigenvalue weighted by molar-refractivity contribution is -0.125. The maximum Gasteiger partial charge on any atom is 0.270 e. The van der Waals surface area contributed by atoms with Gasteiger partial charge in [-0.2, -0.15) is 0 Å². The number of carbonyl (C=O) groups excluding carboxylic acids is 2. The number of hydrogen-bond donors (Lipinski definition) is 2. The maximum absolute atomic E-state index is 12.3. The van der Waals surface area contributed by atoms with Gasteiger partial charge in [-0.05, 0) is 24.8 Å². The second-order valence-electron chi connectivity index (χ2n) is 5.24. The van der Waals surface area contributed by atoms with E-state index in [4.69, 9.17) is 11.6 Å². The van der Waals surface area contributed by atoms with E-state index in [2.05, 4.69) is 10.3 Å². The Morgan fingerprint density at radius 3 is 3.00 bits per heavy atom. The summed E-state index contributed by atoms with van der Waals surface area (Å²) in [6, 6.07) is 1.89. The Morgan fingerprint density at radius 1 is 1.42 bits per heavy atom. The lowest BCUT2D eigenvalue weighted by Gasteiger charge is -2.41. The van der Waals surface area contributed by atoms with Crippen molar-refractivity contribution >= 4 is 23.4 Å². The van der Waals surface area contributed by atoms with Gasteiger partial charge in [0.15, 0.2) is 0 Å². The zero-order chi connectivity index (χ0) is 13.4. The molecule has 3 rings (SSSR count). The standard InChI is InChI=1S/C13H16ClN3O2/c14-9-5-11(15-6-9)13(19)17-4-3-10-8(7-17)1-2-12(18)16-10/h5-6,8,10,15H,1-4,7H2,(H,16,18). The van der Waals surface area contributed by atoms with Crippen LogP contribution in [0.15, 0.2) is 12.3 Å². The number of H-pyrrole nitrogens is 1. The number of nitrogens with one attached hydrogen (secondary N) is 2. The summed E-state index contributed by atoms with van der Waals surface area (Å²) in [5.41, 5.74) is 0.531. The molecule has 1 aromatic rings. The highest BCUT2D eigenvalue weighted by Gasteiger charge is 2.35. The molecule has 2 aliphatic rings. The van der Waals surface area contributed by atoms with E-state index in [9.17, 15) is 9.59 Å². The lowest BCUT2D eigenvalue weighted by atomic mass is 9.85. The van der Waals surface area contributed by atoms with Crippen molar-refractivity contribution < 1.29 is 9.59 Å². The van der Waals surface area contributed by atoms with E-state index in [1.165, 1.54) is 0 Å². The van der Waals surface area contributed by atoms with Crippen LogP contribution < -0.4 is 5.32 Å². The van der Waals surface area contributed by atoms with E-state index in [0.717, 1.165) is 12.8 Å². The minimum absolute atomic E-state index is 0.0118. The molecule has 2 N–H and O–H groups in total. The molecule has 2 unspecified atom stereocenters. The number of hydrogen-bond acceptors (Lipinski definition) is 2. The SMILES string of the molecule is O=C1CCC2CN(C(=O)c3cc(Cl)c[nH]3)CCC2N1. The summed E-state index contributed by atoms with van der Waals surface area (Å²) in [4.78, 5) is 28.4. The summed E-state index contributed by atoms with van der Waals surface area (Å²) in [7, 11) is 0. The highest BCUT2D eigenvalue weighted by atomic mass is 35.5. The number of piperidine rings is 2. The normalized spacial score (nSPS) is 26.8. The second kappa shape index (κ2) is 4.89. The van der Waals surface area contributed by atoms with Gasteiger partial charge >= 0.3 is 0 Å². The van der Waals surface area contributed by atoms with E-state index < -0.39 is 0 Å². The summed E-state index contributed by atoms with van der Waals surface area (Å²) in [5, 5.41) is 3.56. The first-order chi connectivity index (χ1) is 9.13. The van der Waals surface area contributed by atoms with Crippen LogP contribution in [0.1, 0.15) is 29.8 Å². The van der Waals surface area contributed by atoms with Crippen molar-refractivity contribution in [3.8, 4) is 0 Å². The van der Waals surface area contributed by atoms with Crippen LogP contribution in [0.25, 0.3) is 0 Å². The maximum atomic E-state index is 12.3. The fourth-order valence-electron chi connectivity index (χ4n) is 2.96. The molecular weight excluding hydrogens is 266 g/mol. The third kappa shape index (κ3) is 2.47. The molecule has 3 heterocycles. The molecule has 2 amide bonds. The summed E-state index contributed by atoms with van der Waals surface area (Å²) in [6.07, 6.45) is 3.88. The van der Waals surface area contributed by atoms with Crippen LogP contribution in [0.4, 0.5) is 0 Å². The molecule has 2 atom stereocenters. The average molecular weight is 282 g/mol. The first kappa shape index (κ1) is 12.5. The number of aromatic nitrogens is 1. The van der Waals surface area contributed by atoms with Gasteiger partial charge in [-0.25, -0.2) is 0 Å². The summed E-state index contributed by atoms with van der Waals surface area (Å²) in [5.74, 6) is 0.500. The van der Waals surface area contributed by atoms with Gasteiger partial charge < -0.3 is 15.2 Å². The number of carbonyl (C=O) groups is 2. The van der Waals surface area contributed by atoms with E-state index in [1.807, 2.05) is 4.90 Å². The van der Waals surface area contributed by atoms with E-state index >= 15 is 0 Å². The first-order valence-corrected chi connectivity index (χ1v) is 6.94. The van der Waals surface area contributed by atoms with Gasteiger partial charge in [0, 0.05) is 31.7 Å². The molecule has 1 aromatic heterocycles. The fraction of sp³-hybridized carbons (Fsp3) is 0.538. The molecule has 0 radical (unpaired) electrons. The zero-order valence-electron chi connectivity index (χ0n) is 10.5. The van der Waals surface area contributed by atoms with Crippen LogP contribution in [0.5, 0.6) is 0 Å². The van der Waals surface area contributed by atoms with Crippen molar-refractivity contribution in [3.63, 3.8) is 0 Å². The largest absolute Gasteiger partial charge is 0.356 e. The Bertz CT molecular complexity index is 514. The van der Waals surface area contributed by atoms with Crippen molar-refractivity contribution in [2.45, 2.75) is 25.3 Å². The molecule has 0 bridgehead atoms. The number of halogens is 1. The van der Waals surface area contributed by atoms with Crippen molar-refractivity contribution in [1.29, 1.82) is 0 Å². The van der Waals surface area contributed by atoms with E-state index in [0.29, 0.717) is 36.1 Å². The summed E-state index contributed by atoms with van der Waals surface area (Å²) < 4.78 is 0. The van der Waals surface area contributed by atoms with E-state index in [1.54, 1.807) is 12.3 Å². The van der Waals surface area contributed by atoms with Crippen molar-refractivity contribution in [3.05, 3.63) is 23.0 Å². The van der Waals surface area contributed by atoms with Crippen molar-refractivity contribution in [1.82, 2.24) is 15.2 Å².